The van der Waals surface area contributed by atoms with Crippen molar-refractivity contribution >= 4 is 17.5 Å². The van der Waals surface area contributed by atoms with E-state index in [9.17, 15) is 4.79 Å². The molecule has 4 heteroatoms. The van der Waals surface area contributed by atoms with Crippen molar-refractivity contribution in [3.05, 3.63) is 88.6 Å². The molecule has 0 radical (unpaired) electrons. The number of rotatable bonds is 5. The topological polar surface area (TPSA) is 42.0 Å². The van der Waals surface area contributed by atoms with Crippen LogP contribution in [0, 0.1) is 6.92 Å². The van der Waals surface area contributed by atoms with Gasteiger partial charge in [0.25, 0.3) is 5.91 Å². The number of carbonyl (C=O) groups is 1. The van der Waals surface area contributed by atoms with Gasteiger partial charge in [-0.25, -0.2) is 0 Å². The number of carbonyl (C=O) groups excluding carboxylic acids is 1. The summed E-state index contributed by atoms with van der Waals surface area (Å²) in [6.45, 7) is 2.58. The number of benzene rings is 2. The summed E-state index contributed by atoms with van der Waals surface area (Å²) in [5.41, 5.74) is 4.73. The van der Waals surface area contributed by atoms with Crippen molar-refractivity contribution in [2.75, 3.05) is 6.54 Å². The van der Waals surface area contributed by atoms with E-state index >= 15 is 0 Å². The van der Waals surface area contributed by atoms with Crippen LogP contribution in [0.25, 0.3) is 11.3 Å². The van der Waals surface area contributed by atoms with Crippen molar-refractivity contribution in [2.45, 2.75) is 13.3 Å². The maximum atomic E-state index is 12.3. The molecule has 0 bridgehead atoms. The lowest BCUT2D eigenvalue weighted by atomic mass is 10.1. The fourth-order valence-electron chi connectivity index (χ4n) is 2.60. The highest BCUT2D eigenvalue weighted by Gasteiger charge is 2.07. The predicted octanol–water partition coefficient (Wildman–Crippen LogP) is 4.68. The second-order valence-electron chi connectivity index (χ2n) is 5.89. The highest BCUT2D eigenvalue weighted by molar-refractivity contribution is 6.31. The molecule has 3 rings (SSSR count). The zero-order valence-corrected chi connectivity index (χ0v) is 14.8. The molecule has 1 heterocycles. The van der Waals surface area contributed by atoms with Gasteiger partial charge in [-0.2, -0.15) is 0 Å². The number of nitrogens with one attached hydrogen (secondary N) is 1. The van der Waals surface area contributed by atoms with Crippen LogP contribution < -0.4 is 5.32 Å². The van der Waals surface area contributed by atoms with E-state index in [0.29, 0.717) is 18.5 Å². The Morgan fingerprint density at radius 1 is 1.08 bits per heavy atom. The Morgan fingerprint density at radius 3 is 2.56 bits per heavy atom. The number of amides is 1. The molecule has 126 valence electrons. The molecule has 1 amide bonds. The zero-order chi connectivity index (χ0) is 17.6. The van der Waals surface area contributed by atoms with Crippen molar-refractivity contribution in [3.8, 4) is 11.3 Å². The van der Waals surface area contributed by atoms with Gasteiger partial charge < -0.3 is 5.32 Å². The molecule has 0 unspecified atom stereocenters. The third-order valence-electron chi connectivity index (χ3n) is 4.00. The van der Waals surface area contributed by atoms with Crippen molar-refractivity contribution in [1.29, 1.82) is 0 Å². The Balaban J connectivity index is 1.60. The average molecular weight is 351 g/mol. The molecular formula is C21H19ClN2O. The SMILES string of the molecule is Cc1ccnc(-c2ccc(C(=O)NCCc3ccccc3Cl)cc2)c1. The highest BCUT2D eigenvalue weighted by atomic mass is 35.5. The van der Waals surface area contributed by atoms with Crippen LogP contribution in [0.15, 0.2) is 66.9 Å². The minimum atomic E-state index is -0.0872. The minimum absolute atomic E-state index is 0.0872. The summed E-state index contributed by atoms with van der Waals surface area (Å²) in [6, 6.07) is 19.2. The molecule has 25 heavy (non-hydrogen) atoms. The van der Waals surface area contributed by atoms with Gasteiger partial charge in [0, 0.05) is 28.9 Å². The van der Waals surface area contributed by atoms with Crippen LogP contribution in [0.2, 0.25) is 5.02 Å². The molecule has 0 saturated carbocycles. The fourth-order valence-corrected chi connectivity index (χ4v) is 2.83. The zero-order valence-electron chi connectivity index (χ0n) is 14.0. The summed E-state index contributed by atoms with van der Waals surface area (Å²) in [7, 11) is 0. The molecule has 0 atom stereocenters. The van der Waals surface area contributed by atoms with Gasteiger partial charge in [0.05, 0.1) is 5.69 Å². The lowest BCUT2D eigenvalue weighted by molar-refractivity contribution is 0.0954. The Bertz CT molecular complexity index is 875. The molecule has 1 N–H and O–H groups in total. The lowest BCUT2D eigenvalue weighted by Crippen LogP contribution is -2.25. The number of aryl methyl sites for hydroxylation is 1. The Kier molecular flexibility index (Phi) is 5.46. The van der Waals surface area contributed by atoms with Gasteiger partial charge in [-0.3, -0.25) is 9.78 Å². The second kappa shape index (κ2) is 7.95. The van der Waals surface area contributed by atoms with Gasteiger partial charge in [-0.1, -0.05) is 41.9 Å². The van der Waals surface area contributed by atoms with Gasteiger partial charge in [-0.15, -0.1) is 0 Å². The summed E-state index contributed by atoms with van der Waals surface area (Å²) >= 11 is 6.12. The molecule has 0 aliphatic heterocycles. The Hall–Kier alpha value is -2.65. The van der Waals surface area contributed by atoms with E-state index in [1.165, 1.54) is 0 Å². The number of pyridine rings is 1. The number of halogens is 1. The van der Waals surface area contributed by atoms with Crippen molar-refractivity contribution in [1.82, 2.24) is 10.3 Å². The first-order valence-corrected chi connectivity index (χ1v) is 8.56. The quantitative estimate of drug-likeness (QED) is 0.725. The van der Waals surface area contributed by atoms with Crippen LogP contribution >= 0.6 is 11.6 Å². The van der Waals surface area contributed by atoms with E-state index < -0.39 is 0 Å². The molecular weight excluding hydrogens is 332 g/mol. The van der Waals surface area contributed by atoms with E-state index in [-0.39, 0.29) is 5.91 Å². The van der Waals surface area contributed by atoms with Gasteiger partial charge >= 0.3 is 0 Å². The summed E-state index contributed by atoms with van der Waals surface area (Å²) in [6.07, 6.45) is 2.50. The van der Waals surface area contributed by atoms with E-state index in [2.05, 4.69) is 10.3 Å². The maximum absolute atomic E-state index is 12.3. The summed E-state index contributed by atoms with van der Waals surface area (Å²) in [4.78, 5) is 16.6. The first-order chi connectivity index (χ1) is 12.1. The molecule has 0 spiro atoms. The second-order valence-corrected chi connectivity index (χ2v) is 6.30. The van der Waals surface area contributed by atoms with Crippen LogP contribution in [-0.2, 0) is 6.42 Å². The number of hydrogen-bond acceptors (Lipinski definition) is 2. The van der Waals surface area contributed by atoms with E-state index in [1.54, 1.807) is 6.20 Å². The van der Waals surface area contributed by atoms with Gasteiger partial charge in [0.2, 0.25) is 0 Å². The normalized spacial score (nSPS) is 10.5. The van der Waals surface area contributed by atoms with E-state index in [1.807, 2.05) is 67.6 Å². The van der Waals surface area contributed by atoms with Crippen LogP contribution in [0.1, 0.15) is 21.5 Å². The molecule has 3 aromatic rings. The van der Waals surface area contributed by atoms with E-state index in [0.717, 1.165) is 27.4 Å². The summed E-state index contributed by atoms with van der Waals surface area (Å²) in [5, 5.41) is 3.66. The molecule has 0 aliphatic carbocycles. The molecule has 0 aliphatic rings. The van der Waals surface area contributed by atoms with Crippen LogP contribution in [0.3, 0.4) is 0 Å². The maximum Gasteiger partial charge on any atom is 0.251 e. The standard InChI is InChI=1S/C21H19ClN2O/c1-15-10-12-23-20(14-15)17-6-8-18(9-7-17)21(25)24-13-11-16-4-2-3-5-19(16)22/h2-10,12,14H,11,13H2,1H3,(H,24,25). The molecule has 0 saturated heterocycles. The van der Waals surface area contributed by atoms with E-state index in [4.69, 9.17) is 11.6 Å². The van der Waals surface area contributed by atoms with Crippen molar-refractivity contribution < 1.29 is 4.79 Å². The fraction of sp³-hybridized carbons (Fsp3) is 0.143. The molecule has 2 aromatic carbocycles. The van der Waals surface area contributed by atoms with Crippen LogP contribution in [0.4, 0.5) is 0 Å². The van der Waals surface area contributed by atoms with Gasteiger partial charge in [0.15, 0.2) is 0 Å². The van der Waals surface area contributed by atoms with Crippen LogP contribution in [0.5, 0.6) is 0 Å². The van der Waals surface area contributed by atoms with Crippen LogP contribution in [-0.4, -0.2) is 17.4 Å². The van der Waals surface area contributed by atoms with Gasteiger partial charge in [-0.05, 0) is 54.8 Å². The molecule has 0 fully saturated rings. The van der Waals surface area contributed by atoms with Crippen molar-refractivity contribution in [2.24, 2.45) is 0 Å². The smallest absolute Gasteiger partial charge is 0.251 e. The number of aromatic nitrogens is 1. The third-order valence-corrected chi connectivity index (χ3v) is 4.36. The molecule has 3 nitrogen and oxygen atoms in total. The summed E-state index contributed by atoms with van der Waals surface area (Å²) in [5.74, 6) is -0.0872. The Labute approximate surface area is 152 Å². The molecule has 1 aromatic heterocycles. The number of hydrogen-bond donors (Lipinski definition) is 1. The van der Waals surface area contributed by atoms with Crippen molar-refractivity contribution in [3.63, 3.8) is 0 Å². The highest BCUT2D eigenvalue weighted by Crippen LogP contribution is 2.18. The Morgan fingerprint density at radius 2 is 1.84 bits per heavy atom. The predicted molar refractivity (Wildman–Crippen MR) is 102 cm³/mol. The first kappa shape index (κ1) is 17.2. The largest absolute Gasteiger partial charge is 0.352 e. The third kappa shape index (κ3) is 4.46. The summed E-state index contributed by atoms with van der Waals surface area (Å²) < 4.78 is 0. The monoisotopic (exact) mass is 350 g/mol. The minimum Gasteiger partial charge on any atom is -0.352 e. The number of nitrogens with zero attached hydrogens (tertiary/aromatic N) is 1. The average Bonchev–Trinajstić information content (AvgIpc) is 2.63. The lowest BCUT2D eigenvalue weighted by Gasteiger charge is -2.08. The first-order valence-electron chi connectivity index (χ1n) is 8.18. The van der Waals surface area contributed by atoms with Gasteiger partial charge in [0.1, 0.15) is 0 Å².